The first-order valence-corrected chi connectivity index (χ1v) is 19.8. The van der Waals surface area contributed by atoms with E-state index in [4.69, 9.17) is 15.0 Å². The van der Waals surface area contributed by atoms with Gasteiger partial charge in [-0.05, 0) is 79.2 Å². The second-order valence-corrected chi connectivity index (χ2v) is 15.2. The number of aromatic nitrogens is 3. The maximum Gasteiger partial charge on any atom is 0.0972 e. The molecular weight excluding hydrogens is 703 g/mol. The molecule has 3 nitrogen and oxygen atoms in total. The standard InChI is InChI=1S/C55H33N3/c1-2-11-43-34(8-1)16-21-37-25-29-50(56-53(37)43)35-17-19-36(20-18-35)51-30-26-38-22-23-39-27-31-52(58-55(39)54(38)57-51)42-10-7-9-40(32-42)41-24-28-48-46-14-4-3-12-44(46)45-13-5-6-15-47(45)49(48)33-41/h1-33H. The van der Waals surface area contributed by atoms with Crippen molar-refractivity contribution in [2.75, 3.05) is 0 Å². The summed E-state index contributed by atoms with van der Waals surface area (Å²) in [4.78, 5) is 15.7. The van der Waals surface area contributed by atoms with Crippen LogP contribution in [-0.4, -0.2) is 15.0 Å². The SMILES string of the molecule is c1cc(-c2ccc3c4ccccc4c4ccccc4c3c2)cc(-c2ccc3ccc4ccc(-c5ccc(-c6ccc7ccc8ccccc8c7n6)cc5)nc4c3n2)c1. The Bertz CT molecular complexity index is 3590. The lowest BCUT2D eigenvalue weighted by atomic mass is 9.91. The molecule has 0 N–H and O–H groups in total. The Hall–Kier alpha value is -7.75. The van der Waals surface area contributed by atoms with E-state index in [0.29, 0.717) is 0 Å². The van der Waals surface area contributed by atoms with Gasteiger partial charge in [0.2, 0.25) is 0 Å². The van der Waals surface area contributed by atoms with Crippen LogP contribution in [0.5, 0.6) is 0 Å². The molecule has 268 valence electrons. The fourth-order valence-corrected chi connectivity index (χ4v) is 8.86. The second kappa shape index (κ2) is 12.9. The highest BCUT2D eigenvalue weighted by Crippen LogP contribution is 2.38. The summed E-state index contributed by atoms with van der Waals surface area (Å²) in [6.45, 7) is 0. The Kier molecular flexibility index (Phi) is 7.23. The van der Waals surface area contributed by atoms with Gasteiger partial charge in [0.25, 0.3) is 0 Å². The Labute approximate surface area is 334 Å². The third kappa shape index (κ3) is 5.25. The minimum absolute atomic E-state index is 0.897. The molecule has 0 unspecified atom stereocenters. The van der Waals surface area contributed by atoms with Crippen molar-refractivity contribution in [1.82, 2.24) is 15.0 Å². The summed E-state index contributed by atoms with van der Waals surface area (Å²) in [5, 5.41) is 13.3. The number of hydrogen-bond donors (Lipinski definition) is 0. The first kappa shape index (κ1) is 32.5. The van der Waals surface area contributed by atoms with E-state index in [-0.39, 0.29) is 0 Å². The van der Waals surface area contributed by atoms with Crippen LogP contribution in [-0.2, 0) is 0 Å². The largest absolute Gasteiger partial charge is 0.247 e. The smallest absolute Gasteiger partial charge is 0.0972 e. The van der Waals surface area contributed by atoms with Crippen LogP contribution in [0.25, 0.3) is 121 Å². The van der Waals surface area contributed by atoms with Gasteiger partial charge in [-0.15, -0.1) is 0 Å². The molecule has 0 aliphatic rings. The van der Waals surface area contributed by atoms with Crippen LogP contribution in [0.4, 0.5) is 0 Å². The molecule has 58 heavy (non-hydrogen) atoms. The van der Waals surface area contributed by atoms with E-state index in [1.165, 1.54) is 48.7 Å². The van der Waals surface area contributed by atoms with Crippen LogP contribution < -0.4 is 0 Å². The van der Waals surface area contributed by atoms with Crippen LogP contribution in [0.15, 0.2) is 200 Å². The van der Waals surface area contributed by atoms with Gasteiger partial charge in [-0.2, -0.15) is 0 Å². The summed E-state index contributed by atoms with van der Waals surface area (Å²) in [5.74, 6) is 0. The zero-order valence-corrected chi connectivity index (χ0v) is 31.4. The maximum absolute atomic E-state index is 5.30. The van der Waals surface area contributed by atoms with E-state index in [2.05, 4.69) is 200 Å². The van der Waals surface area contributed by atoms with Crippen LogP contribution in [0.3, 0.4) is 0 Å². The fraction of sp³-hybridized carbons (Fsp3) is 0. The third-order valence-corrected chi connectivity index (χ3v) is 11.8. The molecular formula is C55H33N3. The molecule has 0 fully saturated rings. The summed E-state index contributed by atoms with van der Waals surface area (Å²) in [7, 11) is 0. The minimum atomic E-state index is 0.897. The molecule has 3 heterocycles. The minimum Gasteiger partial charge on any atom is -0.247 e. The molecule has 0 atom stereocenters. The van der Waals surface area contributed by atoms with Crippen molar-refractivity contribution in [3.63, 3.8) is 0 Å². The molecule has 0 saturated carbocycles. The Morgan fingerprint density at radius 2 is 0.603 bits per heavy atom. The van der Waals surface area contributed by atoms with Gasteiger partial charge in [-0.25, -0.2) is 15.0 Å². The lowest BCUT2D eigenvalue weighted by Crippen LogP contribution is -1.92. The number of pyridine rings is 3. The van der Waals surface area contributed by atoms with E-state index in [1.807, 2.05) is 0 Å². The first-order chi connectivity index (χ1) is 28.7. The average molecular weight is 736 g/mol. The van der Waals surface area contributed by atoms with E-state index < -0.39 is 0 Å². The highest BCUT2D eigenvalue weighted by atomic mass is 14.8. The first-order valence-electron chi connectivity index (χ1n) is 19.8. The van der Waals surface area contributed by atoms with Crippen LogP contribution in [0.2, 0.25) is 0 Å². The van der Waals surface area contributed by atoms with E-state index in [1.54, 1.807) is 0 Å². The van der Waals surface area contributed by atoms with Crippen molar-refractivity contribution in [2.45, 2.75) is 0 Å². The van der Waals surface area contributed by atoms with Gasteiger partial charge in [0.1, 0.15) is 0 Å². The zero-order chi connectivity index (χ0) is 38.2. The molecule has 3 aromatic heterocycles. The lowest BCUT2D eigenvalue weighted by molar-refractivity contribution is 1.36. The molecule has 0 saturated heterocycles. The molecule has 0 bridgehead atoms. The van der Waals surface area contributed by atoms with E-state index >= 15 is 0 Å². The van der Waals surface area contributed by atoms with Crippen molar-refractivity contribution in [3.8, 4) is 44.9 Å². The van der Waals surface area contributed by atoms with Gasteiger partial charge in [-0.1, -0.05) is 170 Å². The number of nitrogens with zero attached hydrogens (tertiary/aromatic N) is 3. The van der Waals surface area contributed by atoms with Gasteiger partial charge in [0.15, 0.2) is 0 Å². The molecule has 12 rings (SSSR count). The van der Waals surface area contributed by atoms with Gasteiger partial charge in [-0.3, -0.25) is 0 Å². The number of hydrogen-bond acceptors (Lipinski definition) is 3. The Balaban J connectivity index is 0.907. The molecule has 3 heteroatoms. The average Bonchev–Trinajstić information content (AvgIpc) is 3.31. The van der Waals surface area contributed by atoms with Crippen molar-refractivity contribution >= 4 is 75.8 Å². The fourth-order valence-electron chi connectivity index (χ4n) is 8.86. The molecule has 0 amide bonds. The predicted molar refractivity (Wildman–Crippen MR) is 244 cm³/mol. The number of benzene rings is 9. The summed E-state index contributed by atoms with van der Waals surface area (Å²) in [6, 6.07) is 71.5. The Morgan fingerprint density at radius 3 is 1.21 bits per heavy atom. The highest BCUT2D eigenvalue weighted by molar-refractivity contribution is 6.25. The van der Waals surface area contributed by atoms with Gasteiger partial charge < -0.3 is 0 Å². The monoisotopic (exact) mass is 735 g/mol. The molecule has 12 aromatic rings. The van der Waals surface area contributed by atoms with Crippen molar-refractivity contribution in [2.24, 2.45) is 0 Å². The normalized spacial score (nSPS) is 11.8. The molecule has 0 aliphatic carbocycles. The van der Waals surface area contributed by atoms with E-state index in [9.17, 15) is 0 Å². The molecule has 9 aromatic carbocycles. The Morgan fingerprint density at radius 1 is 0.207 bits per heavy atom. The summed E-state index contributed by atoms with van der Waals surface area (Å²) in [6.07, 6.45) is 0. The van der Waals surface area contributed by atoms with Crippen LogP contribution in [0, 0.1) is 0 Å². The number of fused-ring (bicyclic) bond motifs is 12. The number of rotatable bonds is 4. The predicted octanol–water partition coefficient (Wildman–Crippen LogP) is 14.6. The summed E-state index contributed by atoms with van der Waals surface area (Å²) < 4.78 is 0. The lowest BCUT2D eigenvalue weighted by Gasteiger charge is -2.13. The van der Waals surface area contributed by atoms with Gasteiger partial charge >= 0.3 is 0 Å². The van der Waals surface area contributed by atoms with Gasteiger partial charge in [0, 0.05) is 38.2 Å². The van der Waals surface area contributed by atoms with Crippen molar-refractivity contribution in [1.29, 1.82) is 0 Å². The highest BCUT2D eigenvalue weighted by Gasteiger charge is 2.13. The van der Waals surface area contributed by atoms with Crippen molar-refractivity contribution < 1.29 is 0 Å². The summed E-state index contributed by atoms with van der Waals surface area (Å²) in [5.41, 5.74) is 11.1. The van der Waals surface area contributed by atoms with Crippen molar-refractivity contribution in [3.05, 3.63) is 200 Å². The van der Waals surface area contributed by atoms with E-state index in [0.717, 1.165) is 72.0 Å². The maximum atomic E-state index is 5.30. The van der Waals surface area contributed by atoms with Gasteiger partial charge in [0.05, 0.1) is 33.6 Å². The third-order valence-electron chi connectivity index (χ3n) is 11.8. The molecule has 0 radical (unpaired) electrons. The quantitative estimate of drug-likeness (QED) is 0.169. The van der Waals surface area contributed by atoms with Crippen LogP contribution in [0.1, 0.15) is 0 Å². The van der Waals surface area contributed by atoms with Crippen LogP contribution >= 0.6 is 0 Å². The second-order valence-electron chi connectivity index (χ2n) is 15.2. The zero-order valence-electron chi connectivity index (χ0n) is 31.4. The molecule has 0 spiro atoms. The topological polar surface area (TPSA) is 38.7 Å². The molecule has 0 aliphatic heterocycles. The summed E-state index contributed by atoms with van der Waals surface area (Å²) >= 11 is 0.